The molecule has 1 aliphatic carbocycles. The molecule has 0 aliphatic heterocycles. The van der Waals surface area contributed by atoms with Crippen molar-refractivity contribution < 1.29 is 0 Å². The fraction of sp³-hybridized carbons (Fsp3) is 0.389. The van der Waals surface area contributed by atoms with Crippen LogP contribution in [0.2, 0.25) is 0 Å². The quantitative estimate of drug-likeness (QED) is 0.688. The van der Waals surface area contributed by atoms with Crippen LogP contribution in [0.3, 0.4) is 0 Å². The Balaban J connectivity index is 2.07. The first-order chi connectivity index (χ1) is 9.83. The van der Waals surface area contributed by atoms with Gasteiger partial charge in [-0.1, -0.05) is 37.3 Å². The zero-order valence-electron chi connectivity index (χ0n) is 12.0. The highest BCUT2D eigenvalue weighted by molar-refractivity contribution is 6.02. The van der Waals surface area contributed by atoms with E-state index in [2.05, 4.69) is 40.9 Å². The van der Waals surface area contributed by atoms with Crippen LogP contribution in [0.15, 0.2) is 36.4 Å². The maximum absolute atomic E-state index is 7.32. The van der Waals surface area contributed by atoms with Crippen LogP contribution in [0.1, 0.15) is 26.2 Å². The Hall–Kier alpha value is -2.01. The van der Waals surface area contributed by atoms with Gasteiger partial charge in [0.05, 0.1) is 6.57 Å². The van der Waals surface area contributed by atoms with Crippen LogP contribution < -0.4 is 4.90 Å². The Kier molecular flexibility index (Phi) is 3.60. The molecule has 2 heteroatoms. The van der Waals surface area contributed by atoms with E-state index >= 15 is 0 Å². The monoisotopic (exact) mass is 264 g/mol. The van der Waals surface area contributed by atoms with Crippen molar-refractivity contribution in [2.24, 2.45) is 5.92 Å². The third-order valence-electron chi connectivity index (χ3n) is 4.01. The lowest BCUT2D eigenvalue weighted by Crippen LogP contribution is -2.26. The van der Waals surface area contributed by atoms with E-state index in [0.717, 1.165) is 36.5 Å². The molecule has 0 atom stereocenters. The minimum Gasteiger partial charge on any atom is -0.371 e. The summed E-state index contributed by atoms with van der Waals surface area (Å²) in [6.07, 6.45) is 3.90. The van der Waals surface area contributed by atoms with E-state index in [1.165, 1.54) is 23.9 Å². The molecule has 102 valence electrons. The van der Waals surface area contributed by atoms with Crippen molar-refractivity contribution in [3.05, 3.63) is 47.8 Å². The van der Waals surface area contributed by atoms with Gasteiger partial charge in [0, 0.05) is 18.8 Å². The molecule has 0 bridgehead atoms. The molecule has 0 amide bonds. The predicted octanol–water partition coefficient (Wildman–Crippen LogP) is 5.02. The Bertz CT molecular complexity index is 650. The maximum atomic E-state index is 7.32. The molecule has 0 N–H and O–H groups in total. The molecule has 1 aliphatic rings. The van der Waals surface area contributed by atoms with Gasteiger partial charge < -0.3 is 4.90 Å². The van der Waals surface area contributed by atoms with Crippen LogP contribution in [0.25, 0.3) is 15.6 Å². The maximum Gasteiger partial charge on any atom is 0.195 e. The number of hydrogen-bond donors (Lipinski definition) is 0. The summed E-state index contributed by atoms with van der Waals surface area (Å²) >= 11 is 0. The van der Waals surface area contributed by atoms with Crippen LogP contribution in [0.5, 0.6) is 0 Å². The normalized spacial score (nSPS) is 14.2. The topological polar surface area (TPSA) is 7.60 Å². The zero-order chi connectivity index (χ0) is 13.9. The van der Waals surface area contributed by atoms with E-state index in [9.17, 15) is 0 Å². The van der Waals surface area contributed by atoms with Gasteiger partial charge in [-0.2, -0.15) is 0 Å². The fourth-order valence-electron chi connectivity index (χ4n) is 2.83. The minimum absolute atomic E-state index is 0.757. The summed E-state index contributed by atoms with van der Waals surface area (Å²) in [6.45, 7) is 11.8. The van der Waals surface area contributed by atoms with Crippen LogP contribution in [-0.2, 0) is 0 Å². The van der Waals surface area contributed by atoms with Crippen LogP contribution in [0, 0.1) is 12.5 Å². The lowest BCUT2D eigenvalue weighted by Gasteiger charge is -2.26. The molecule has 3 rings (SSSR count). The molecular formula is C18H20N2. The molecule has 20 heavy (non-hydrogen) atoms. The summed E-state index contributed by atoms with van der Waals surface area (Å²) in [4.78, 5) is 6.16. The van der Waals surface area contributed by atoms with Gasteiger partial charge in [0.2, 0.25) is 0 Å². The molecule has 0 radical (unpaired) electrons. The van der Waals surface area contributed by atoms with Crippen molar-refractivity contribution in [2.45, 2.75) is 26.2 Å². The lowest BCUT2D eigenvalue weighted by atomic mass is 10.1. The molecule has 0 heterocycles. The van der Waals surface area contributed by atoms with Crippen molar-refractivity contribution >= 4 is 22.1 Å². The average Bonchev–Trinajstić information content (AvgIpc) is 3.30. The highest BCUT2D eigenvalue weighted by Crippen LogP contribution is 2.37. The van der Waals surface area contributed by atoms with Gasteiger partial charge in [-0.3, -0.25) is 0 Å². The molecule has 0 aromatic heterocycles. The number of fused-ring (bicyclic) bond motifs is 1. The Labute approximate surface area is 120 Å². The highest BCUT2D eigenvalue weighted by Gasteiger charge is 2.25. The first-order valence-electron chi connectivity index (χ1n) is 7.47. The Morgan fingerprint density at radius 3 is 2.55 bits per heavy atom. The number of nitrogens with zero attached hydrogens (tertiary/aromatic N) is 2. The van der Waals surface area contributed by atoms with Gasteiger partial charge in [-0.15, -0.1) is 0 Å². The third kappa shape index (κ3) is 2.49. The molecule has 1 saturated carbocycles. The van der Waals surface area contributed by atoms with E-state index in [1.54, 1.807) is 0 Å². The van der Waals surface area contributed by atoms with E-state index in [1.807, 2.05) is 12.1 Å². The van der Waals surface area contributed by atoms with Gasteiger partial charge in [-0.05, 0) is 42.0 Å². The molecule has 2 aromatic rings. The van der Waals surface area contributed by atoms with E-state index in [4.69, 9.17) is 6.57 Å². The second-order valence-corrected chi connectivity index (χ2v) is 5.65. The largest absolute Gasteiger partial charge is 0.371 e. The molecular weight excluding hydrogens is 244 g/mol. The van der Waals surface area contributed by atoms with E-state index in [0.29, 0.717) is 0 Å². The summed E-state index contributed by atoms with van der Waals surface area (Å²) in [5, 5.41) is 2.30. The summed E-state index contributed by atoms with van der Waals surface area (Å²) < 4.78 is 0. The lowest BCUT2D eigenvalue weighted by molar-refractivity contribution is 0.710. The first-order valence-corrected chi connectivity index (χ1v) is 7.47. The van der Waals surface area contributed by atoms with Gasteiger partial charge in [0.1, 0.15) is 0 Å². The summed E-state index contributed by atoms with van der Waals surface area (Å²) in [5.74, 6) is 0.876. The summed E-state index contributed by atoms with van der Waals surface area (Å²) in [6, 6.07) is 12.4. The molecule has 2 aromatic carbocycles. The van der Waals surface area contributed by atoms with E-state index < -0.39 is 0 Å². The number of anilines is 1. The Morgan fingerprint density at radius 2 is 1.90 bits per heavy atom. The third-order valence-corrected chi connectivity index (χ3v) is 4.01. The molecule has 1 fully saturated rings. The molecule has 2 nitrogen and oxygen atoms in total. The van der Waals surface area contributed by atoms with E-state index in [-0.39, 0.29) is 0 Å². The SMILES string of the molecule is [C-]#[N+]c1ccc(N(CCC)CC2CC2)c2ccccc12. The van der Waals surface area contributed by atoms with Gasteiger partial charge in [0.15, 0.2) is 5.69 Å². The smallest absolute Gasteiger partial charge is 0.195 e. The second-order valence-electron chi connectivity index (χ2n) is 5.65. The van der Waals surface area contributed by atoms with Crippen molar-refractivity contribution in [1.82, 2.24) is 0 Å². The van der Waals surface area contributed by atoms with Crippen LogP contribution in [0.4, 0.5) is 11.4 Å². The van der Waals surface area contributed by atoms with Gasteiger partial charge >= 0.3 is 0 Å². The van der Waals surface area contributed by atoms with Crippen molar-refractivity contribution in [1.29, 1.82) is 0 Å². The van der Waals surface area contributed by atoms with Crippen LogP contribution in [-0.4, -0.2) is 13.1 Å². The highest BCUT2D eigenvalue weighted by atomic mass is 15.1. The first kappa shape index (κ1) is 13.0. The van der Waals surface area contributed by atoms with Gasteiger partial charge in [0.25, 0.3) is 0 Å². The fourth-order valence-corrected chi connectivity index (χ4v) is 2.83. The van der Waals surface area contributed by atoms with Crippen LogP contribution >= 0.6 is 0 Å². The van der Waals surface area contributed by atoms with Crippen molar-refractivity contribution in [3.63, 3.8) is 0 Å². The number of benzene rings is 2. The van der Waals surface area contributed by atoms with Gasteiger partial charge in [-0.25, -0.2) is 4.85 Å². The number of rotatable bonds is 5. The second kappa shape index (κ2) is 5.54. The molecule has 0 saturated heterocycles. The average molecular weight is 264 g/mol. The summed E-state index contributed by atoms with van der Waals surface area (Å²) in [7, 11) is 0. The summed E-state index contributed by atoms with van der Waals surface area (Å²) in [5.41, 5.74) is 2.05. The molecule has 0 unspecified atom stereocenters. The zero-order valence-corrected chi connectivity index (χ0v) is 12.0. The Morgan fingerprint density at radius 1 is 1.15 bits per heavy atom. The predicted molar refractivity (Wildman–Crippen MR) is 85.4 cm³/mol. The minimum atomic E-state index is 0.757. The standard InChI is InChI=1S/C18H20N2/c1-3-12-20(13-14-8-9-14)18-11-10-17(19-2)15-6-4-5-7-16(15)18/h4-7,10-11,14H,3,8-9,12-13H2,1H3. The van der Waals surface area contributed by atoms with Crippen molar-refractivity contribution in [2.75, 3.05) is 18.0 Å². The molecule has 0 spiro atoms. The number of hydrogen-bond acceptors (Lipinski definition) is 1. The van der Waals surface area contributed by atoms with Crippen molar-refractivity contribution in [3.8, 4) is 0 Å².